The molecule has 1 aliphatic heterocycles. The molecule has 5 heteroatoms. The van der Waals surface area contributed by atoms with E-state index < -0.39 is 5.92 Å². The number of allylic oxidation sites excluding steroid dienone is 3. The number of hydrogen-bond donors (Lipinski definition) is 1. The van der Waals surface area contributed by atoms with Crippen molar-refractivity contribution in [3.05, 3.63) is 87.3 Å². The fourth-order valence-corrected chi connectivity index (χ4v) is 4.35. The molecule has 2 aromatic carbocycles. The van der Waals surface area contributed by atoms with Crippen LogP contribution < -0.4 is 10.6 Å². The number of carbonyl (C=O) groups excluding carboxylic acids is 1. The van der Waals surface area contributed by atoms with Gasteiger partial charge in [0.05, 0.1) is 23.2 Å². The molecule has 28 heavy (non-hydrogen) atoms. The molecular formula is C23H20ClN3O. The van der Waals surface area contributed by atoms with Crippen LogP contribution in [0.1, 0.15) is 36.3 Å². The molecule has 1 atom stereocenters. The van der Waals surface area contributed by atoms with Crippen LogP contribution >= 0.6 is 11.6 Å². The minimum Gasteiger partial charge on any atom is -0.384 e. The lowest BCUT2D eigenvalue weighted by molar-refractivity contribution is -0.116. The van der Waals surface area contributed by atoms with Gasteiger partial charge in [0.2, 0.25) is 0 Å². The second kappa shape index (κ2) is 7.18. The van der Waals surface area contributed by atoms with Crippen LogP contribution in [0, 0.1) is 18.3 Å². The number of halogens is 1. The predicted octanol–water partition coefficient (Wildman–Crippen LogP) is 4.95. The zero-order valence-electron chi connectivity index (χ0n) is 15.6. The van der Waals surface area contributed by atoms with Gasteiger partial charge in [-0.25, -0.2) is 0 Å². The molecule has 4 nitrogen and oxygen atoms in total. The van der Waals surface area contributed by atoms with E-state index >= 15 is 0 Å². The number of nitrogens with zero attached hydrogens (tertiary/aromatic N) is 2. The van der Waals surface area contributed by atoms with Crippen molar-refractivity contribution in [2.45, 2.75) is 32.1 Å². The van der Waals surface area contributed by atoms with E-state index in [0.29, 0.717) is 28.4 Å². The average molecular weight is 390 g/mol. The Labute approximate surface area is 169 Å². The number of ketones is 1. The van der Waals surface area contributed by atoms with Crippen molar-refractivity contribution in [2.24, 2.45) is 5.73 Å². The molecule has 0 fully saturated rings. The van der Waals surface area contributed by atoms with Crippen molar-refractivity contribution in [1.29, 1.82) is 5.26 Å². The van der Waals surface area contributed by atoms with Gasteiger partial charge in [0.1, 0.15) is 5.82 Å². The molecule has 2 aromatic rings. The fraction of sp³-hybridized carbons (Fsp3) is 0.217. The molecule has 0 amide bonds. The van der Waals surface area contributed by atoms with Crippen LogP contribution in [0.2, 0.25) is 5.02 Å². The monoisotopic (exact) mass is 389 g/mol. The van der Waals surface area contributed by atoms with E-state index in [4.69, 9.17) is 17.3 Å². The van der Waals surface area contributed by atoms with Crippen molar-refractivity contribution in [3.8, 4) is 6.07 Å². The summed E-state index contributed by atoms with van der Waals surface area (Å²) in [6, 6.07) is 17.5. The molecule has 0 saturated heterocycles. The van der Waals surface area contributed by atoms with Gasteiger partial charge < -0.3 is 5.73 Å². The normalized spacial score (nSPS) is 19.5. The van der Waals surface area contributed by atoms with Crippen LogP contribution in [0.25, 0.3) is 0 Å². The lowest BCUT2D eigenvalue weighted by atomic mass is 9.75. The summed E-state index contributed by atoms with van der Waals surface area (Å²) >= 11 is 6.35. The quantitative estimate of drug-likeness (QED) is 0.788. The maximum Gasteiger partial charge on any atom is 0.161 e. The first kappa shape index (κ1) is 18.3. The number of nitrogens with two attached hydrogens (primary N) is 1. The molecule has 1 heterocycles. The van der Waals surface area contributed by atoms with Crippen LogP contribution in [-0.2, 0) is 4.79 Å². The van der Waals surface area contributed by atoms with E-state index in [9.17, 15) is 10.1 Å². The Balaban J connectivity index is 2.01. The second-order valence-corrected chi connectivity index (χ2v) is 7.52. The Morgan fingerprint density at radius 3 is 2.61 bits per heavy atom. The Bertz CT molecular complexity index is 1060. The number of rotatable bonds is 2. The van der Waals surface area contributed by atoms with Gasteiger partial charge in [-0.1, -0.05) is 48.0 Å². The third-order valence-corrected chi connectivity index (χ3v) is 5.94. The lowest BCUT2D eigenvalue weighted by Gasteiger charge is -2.40. The Morgan fingerprint density at radius 2 is 1.89 bits per heavy atom. The minimum atomic E-state index is -0.426. The molecule has 0 spiro atoms. The maximum atomic E-state index is 13.0. The predicted molar refractivity (Wildman–Crippen MR) is 111 cm³/mol. The van der Waals surface area contributed by atoms with E-state index in [2.05, 4.69) is 6.07 Å². The number of hydrogen-bond acceptors (Lipinski definition) is 4. The van der Waals surface area contributed by atoms with Crippen LogP contribution in [0.15, 0.2) is 71.2 Å². The highest BCUT2D eigenvalue weighted by Gasteiger charge is 2.40. The van der Waals surface area contributed by atoms with Crippen molar-refractivity contribution < 1.29 is 4.79 Å². The molecule has 140 valence electrons. The zero-order chi connectivity index (χ0) is 19.8. The van der Waals surface area contributed by atoms with Gasteiger partial charge in [0.15, 0.2) is 5.78 Å². The Hall–Kier alpha value is -3.03. The van der Waals surface area contributed by atoms with Gasteiger partial charge in [-0.2, -0.15) is 5.26 Å². The fourth-order valence-electron chi connectivity index (χ4n) is 4.18. The number of carbonyl (C=O) groups is 1. The van der Waals surface area contributed by atoms with Crippen LogP contribution in [0.3, 0.4) is 0 Å². The summed E-state index contributed by atoms with van der Waals surface area (Å²) in [6.07, 6.45) is 1.99. The highest BCUT2D eigenvalue weighted by atomic mass is 35.5. The molecule has 0 bridgehead atoms. The van der Waals surface area contributed by atoms with Gasteiger partial charge in [0.25, 0.3) is 0 Å². The number of anilines is 1. The van der Waals surface area contributed by atoms with E-state index in [1.807, 2.05) is 60.4 Å². The van der Waals surface area contributed by atoms with Crippen LogP contribution in [0.4, 0.5) is 5.69 Å². The van der Waals surface area contributed by atoms with E-state index in [1.165, 1.54) is 0 Å². The molecule has 0 radical (unpaired) electrons. The van der Waals surface area contributed by atoms with Gasteiger partial charge in [-0.3, -0.25) is 9.69 Å². The molecule has 0 aromatic heterocycles. The first-order valence-electron chi connectivity index (χ1n) is 9.30. The van der Waals surface area contributed by atoms with Crippen molar-refractivity contribution in [3.63, 3.8) is 0 Å². The van der Waals surface area contributed by atoms with Gasteiger partial charge in [-0.15, -0.1) is 0 Å². The standard InChI is InChI=1S/C23H20ClN3O/c1-14-17(24)9-5-10-18(14)27-19-11-6-12-20(28)22(19)21(16(13-25)23(27)26)15-7-3-2-4-8-15/h2-5,7-10,21H,6,11-12,26H2,1H3/t21-/m1/s1. The molecule has 0 saturated carbocycles. The molecule has 1 aliphatic carbocycles. The third-order valence-electron chi connectivity index (χ3n) is 5.53. The summed E-state index contributed by atoms with van der Waals surface area (Å²) < 4.78 is 0. The summed E-state index contributed by atoms with van der Waals surface area (Å²) in [4.78, 5) is 14.9. The summed E-state index contributed by atoms with van der Waals surface area (Å²) in [7, 11) is 0. The first-order valence-corrected chi connectivity index (χ1v) is 9.68. The zero-order valence-corrected chi connectivity index (χ0v) is 16.3. The van der Waals surface area contributed by atoms with Crippen molar-refractivity contribution in [2.75, 3.05) is 4.90 Å². The van der Waals surface area contributed by atoms with Gasteiger partial charge in [-0.05, 0) is 43.0 Å². The number of Topliss-reactive ketones (excluding diaryl/α,β-unsaturated/α-hetero) is 1. The average Bonchev–Trinajstić information content (AvgIpc) is 2.71. The molecule has 4 rings (SSSR count). The Kier molecular flexibility index (Phi) is 4.70. The van der Waals surface area contributed by atoms with Crippen molar-refractivity contribution in [1.82, 2.24) is 0 Å². The van der Waals surface area contributed by atoms with Crippen LogP contribution in [0.5, 0.6) is 0 Å². The van der Waals surface area contributed by atoms with Crippen molar-refractivity contribution >= 4 is 23.1 Å². The topological polar surface area (TPSA) is 70.1 Å². The van der Waals surface area contributed by atoms with Crippen LogP contribution in [-0.4, -0.2) is 5.78 Å². The molecule has 2 N–H and O–H groups in total. The SMILES string of the molecule is Cc1c(Cl)cccc1N1C(N)=C(C#N)[C@@H](c2ccccc2)C2=C1CCCC2=O. The smallest absolute Gasteiger partial charge is 0.161 e. The minimum absolute atomic E-state index is 0.0834. The van der Waals surface area contributed by atoms with Gasteiger partial charge >= 0.3 is 0 Å². The summed E-state index contributed by atoms with van der Waals surface area (Å²) in [6.45, 7) is 1.92. The largest absolute Gasteiger partial charge is 0.384 e. The second-order valence-electron chi connectivity index (χ2n) is 7.11. The molecular weight excluding hydrogens is 370 g/mol. The Morgan fingerprint density at radius 1 is 1.14 bits per heavy atom. The molecule has 2 aliphatic rings. The maximum absolute atomic E-state index is 13.0. The van der Waals surface area contributed by atoms with E-state index in [-0.39, 0.29) is 5.78 Å². The summed E-state index contributed by atoms with van der Waals surface area (Å²) in [5, 5.41) is 10.6. The highest BCUT2D eigenvalue weighted by molar-refractivity contribution is 6.31. The number of nitriles is 1. The summed E-state index contributed by atoms with van der Waals surface area (Å²) in [5.41, 5.74) is 11.1. The van der Waals surface area contributed by atoms with E-state index in [1.54, 1.807) is 0 Å². The third kappa shape index (κ3) is 2.80. The highest BCUT2D eigenvalue weighted by Crippen LogP contribution is 2.47. The molecule has 0 unspecified atom stereocenters. The number of benzene rings is 2. The lowest BCUT2D eigenvalue weighted by Crippen LogP contribution is -2.39. The van der Waals surface area contributed by atoms with E-state index in [0.717, 1.165) is 35.4 Å². The van der Waals surface area contributed by atoms with Gasteiger partial charge in [0, 0.05) is 22.7 Å². The summed E-state index contributed by atoms with van der Waals surface area (Å²) in [5.74, 6) is 0.0277. The first-order chi connectivity index (χ1) is 13.5.